The number of anilines is 1. The minimum atomic E-state index is 0.0967. The van der Waals surface area contributed by atoms with E-state index in [0.717, 1.165) is 5.56 Å². The Hall–Kier alpha value is -1.06. The van der Waals surface area contributed by atoms with E-state index < -0.39 is 0 Å². The molecule has 0 aliphatic heterocycles. The van der Waals surface area contributed by atoms with Gasteiger partial charge in [-0.3, -0.25) is 10.4 Å². The Kier molecular flexibility index (Phi) is 1.89. The molecule has 2 N–H and O–H groups in total. The highest BCUT2D eigenvalue weighted by atomic mass is 16.8. The summed E-state index contributed by atoms with van der Waals surface area (Å²) >= 11 is 0. The second-order valence-electron chi connectivity index (χ2n) is 2.12. The smallest absolute Gasteiger partial charge is 0.0942 e. The van der Waals surface area contributed by atoms with E-state index in [1.54, 1.807) is 24.3 Å². The van der Waals surface area contributed by atoms with Crippen molar-refractivity contribution in [2.45, 2.75) is 6.92 Å². The lowest BCUT2D eigenvalue weighted by Gasteiger charge is -2.06. The molecular weight excluding hydrogens is 130 g/mol. The van der Waals surface area contributed by atoms with Crippen LogP contribution < -0.4 is 5.23 Å². The molecule has 0 radical (unpaired) electrons. The molecular formula is C7H9NO2. The van der Waals surface area contributed by atoms with Crippen LogP contribution in [-0.4, -0.2) is 10.4 Å². The number of hydrogen-bond acceptors (Lipinski definition) is 3. The van der Waals surface area contributed by atoms with Crippen LogP contribution in [0, 0.1) is 6.92 Å². The molecule has 3 nitrogen and oxygen atoms in total. The third-order valence-corrected chi connectivity index (χ3v) is 1.26. The molecule has 0 unspecified atom stereocenters. The molecule has 1 aromatic rings. The molecule has 1 rings (SSSR count). The molecule has 0 aliphatic carbocycles. The standard InChI is InChI=1S/C7H9NO2/c1-6-2-4-7(5-3-6)8(9)10/h2-5,9-10H,1H3. The van der Waals surface area contributed by atoms with Gasteiger partial charge in [0.15, 0.2) is 0 Å². The highest BCUT2D eigenvalue weighted by Gasteiger charge is 1.94. The van der Waals surface area contributed by atoms with Gasteiger partial charge in [-0.1, -0.05) is 17.7 Å². The fourth-order valence-corrected chi connectivity index (χ4v) is 0.678. The maximum Gasteiger partial charge on any atom is 0.0942 e. The predicted molar refractivity (Wildman–Crippen MR) is 37.2 cm³/mol. The summed E-state index contributed by atoms with van der Waals surface area (Å²) in [6, 6.07) is 6.84. The van der Waals surface area contributed by atoms with Gasteiger partial charge in [0.2, 0.25) is 0 Å². The van der Waals surface area contributed by atoms with Crippen molar-refractivity contribution in [1.82, 2.24) is 0 Å². The van der Waals surface area contributed by atoms with E-state index in [-0.39, 0.29) is 5.23 Å². The van der Waals surface area contributed by atoms with E-state index in [2.05, 4.69) is 0 Å². The minimum absolute atomic E-state index is 0.0967. The van der Waals surface area contributed by atoms with E-state index in [4.69, 9.17) is 10.4 Å². The van der Waals surface area contributed by atoms with Crippen LogP contribution in [0.3, 0.4) is 0 Å². The average molecular weight is 139 g/mol. The fraction of sp³-hybridized carbons (Fsp3) is 0.143. The molecule has 0 saturated heterocycles. The van der Waals surface area contributed by atoms with Gasteiger partial charge in [0, 0.05) is 0 Å². The topological polar surface area (TPSA) is 43.7 Å². The van der Waals surface area contributed by atoms with E-state index in [1.807, 2.05) is 6.92 Å². The molecule has 0 amide bonds. The van der Waals surface area contributed by atoms with Crippen LogP contribution in [0.5, 0.6) is 0 Å². The SMILES string of the molecule is Cc1ccc(N(O)O)cc1. The average Bonchev–Trinajstić information content (AvgIpc) is 1.88. The molecule has 0 aromatic heterocycles. The van der Waals surface area contributed by atoms with E-state index in [1.165, 1.54) is 0 Å². The summed E-state index contributed by atoms with van der Waals surface area (Å²) in [5.74, 6) is 0. The Labute approximate surface area is 59.1 Å². The summed E-state index contributed by atoms with van der Waals surface area (Å²) in [6.07, 6.45) is 0. The molecule has 10 heavy (non-hydrogen) atoms. The quantitative estimate of drug-likeness (QED) is 0.580. The number of benzene rings is 1. The van der Waals surface area contributed by atoms with Crippen LogP contribution in [0.4, 0.5) is 5.69 Å². The maximum absolute atomic E-state index is 8.50. The van der Waals surface area contributed by atoms with Crippen molar-refractivity contribution in [3.8, 4) is 0 Å². The minimum Gasteiger partial charge on any atom is -0.264 e. The number of nitrogens with zero attached hydrogens (tertiary/aromatic N) is 1. The van der Waals surface area contributed by atoms with E-state index in [9.17, 15) is 0 Å². The second-order valence-corrected chi connectivity index (χ2v) is 2.12. The van der Waals surface area contributed by atoms with Crippen molar-refractivity contribution >= 4 is 5.69 Å². The molecule has 0 saturated carbocycles. The Morgan fingerprint density at radius 2 is 1.60 bits per heavy atom. The summed E-state index contributed by atoms with van der Waals surface area (Å²) in [4.78, 5) is 0. The Balaban J connectivity index is 2.89. The molecule has 54 valence electrons. The van der Waals surface area contributed by atoms with Gasteiger partial charge in [-0.15, -0.1) is 5.23 Å². The number of aryl methyl sites for hydroxylation is 1. The normalized spacial score (nSPS) is 9.50. The van der Waals surface area contributed by atoms with Crippen molar-refractivity contribution in [2.75, 3.05) is 5.23 Å². The first kappa shape index (κ1) is 7.05. The van der Waals surface area contributed by atoms with Gasteiger partial charge in [-0.25, -0.2) is 0 Å². The predicted octanol–water partition coefficient (Wildman–Crippen LogP) is 1.58. The molecule has 0 aliphatic rings. The number of hydrogen-bond donors (Lipinski definition) is 2. The highest BCUT2D eigenvalue weighted by molar-refractivity contribution is 5.42. The van der Waals surface area contributed by atoms with Crippen molar-refractivity contribution < 1.29 is 10.4 Å². The van der Waals surface area contributed by atoms with Gasteiger partial charge in [-0.05, 0) is 19.1 Å². The van der Waals surface area contributed by atoms with Crippen molar-refractivity contribution in [2.24, 2.45) is 0 Å². The zero-order chi connectivity index (χ0) is 7.56. The van der Waals surface area contributed by atoms with Crippen LogP contribution in [0.15, 0.2) is 24.3 Å². The van der Waals surface area contributed by atoms with Crippen LogP contribution in [-0.2, 0) is 0 Å². The van der Waals surface area contributed by atoms with E-state index >= 15 is 0 Å². The maximum atomic E-state index is 8.50. The summed E-state index contributed by atoms with van der Waals surface area (Å²) < 4.78 is 0. The van der Waals surface area contributed by atoms with Crippen LogP contribution >= 0.6 is 0 Å². The fourth-order valence-electron chi connectivity index (χ4n) is 0.678. The van der Waals surface area contributed by atoms with Gasteiger partial charge in [0.25, 0.3) is 0 Å². The Morgan fingerprint density at radius 3 is 2.00 bits per heavy atom. The van der Waals surface area contributed by atoms with Crippen molar-refractivity contribution in [3.05, 3.63) is 29.8 Å². The Morgan fingerprint density at radius 1 is 1.10 bits per heavy atom. The molecule has 3 heteroatoms. The third kappa shape index (κ3) is 1.46. The monoisotopic (exact) mass is 139 g/mol. The zero-order valence-corrected chi connectivity index (χ0v) is 5.65. The molecule has 0 heterocycles. The van der Waals surface area contributed by atoms with Crippen molar-refractivity contribution in [1.29, 1.82) is 0 Å². The summed E-state index contributed by atoms with van der Waals surface area (Å²) in [6.45, 7) is 1.93. The van der Waals surface area contributed by atoms with Gasteiger partial charge in [-0.2, -0.15) is 0 Å². The summed E-state index contributed by atoms with van der Waals surface area (Å²) in [5, 5.41) is 17.1. The molecule has 0 spiro atoms. The molecule has 1 aromatic carbocycles. The van der Waals surface area contributed by atoms with Gasteiger partial charge in [0.1, 0.15) is 0 Å². The van der Waals surface area contributed by atoms with Gasteiger partial charge < -0.3 is 0 Å². The zero-order valence-electron chi connectivity index (χ0n) is 5.65. The highest BCUT2D eigenvalue weighted by Crippen LogP contribution is 2.10. The lowest BCUT2D eigenvalue weighted by Crippen LogP contribution is -2.10. The Bertz CT molecular complexity index is 205. The first-order chi connectivity index (χ1) is 4.70. The first-order valence-electron chi connectivity index (χ1n) is 2.94. The molecule has 0 bridgehead atoms. The summed E-state index contributed by atoms with van der Waals surface area (Å²) in [5.41, 5.74) is 1.45. The van der Waals surface area contributed by atoms with Crippen molar-refractivity contribution in [3.63, 3.8) is 0 Å². The lowest BCUT2D eigenvalue weighted by atomic mass is 10.2. The van der Waals surface area contributed by atoms with E-state index in [0.29, 0.717) is 5.69 Å². The first-order valence-corrected chi connectivity index (χ1v) is 2.94. The number of rotatable bonds is 1. The largest absolute Gasteiger partial charge is 0.264 e. The third-order valence-electron chi connectivity index (χ3n) is 1.26. The van der Waals surface area contributed by atoms with Crippen LogP contribution in [0.2, 0.25) is 0 Å². The summed E-state index contributed by atoms with van der Waals surface area (Å²) in [7, 11) is 0. The van der Waals surface area contributed by atoms with Gasteiger partial charge >= 0.3 is 0 Å². The van der Waals surface area contributed by atoms with Crippen LogP contribution in [0.1, 0.15) is 5.56 Å². The molecule has 0 fully saturated rings. The lowest BCUT2D eigenvalue weighted by molar-refractivity contribution is 0.0291. The second kappa shape index (κ2) is 2.68. The van der Waals surface area contributed by atoms with Crippen LogP contribution in [0.25, 0.3) is 0 Å². The van der Waals surface area contributed by atoms with Gasteiger partial charge in [0.05, 0.1) is 5.69 Å². The molecule has 0 atom stereocenters.